The Morgan fingerprint density at radius 1 is 0.971 bits per heavy atom. The lowest BCUT2D eigenvalue weighted by atomic mass is 10.1. The molecule has 1 aliphatic heterocycles. The number of rotatable bonds is 6. The van der Waals surface area contributed by atoms with Crippen molar-refractivity contribution >= 4 is 34.8 Å². The predicted molar refractivity (Wildman–Crippen MR) is 137 cm³/mol. The molecule has 0 spiro atoms. The van der Waals surface area contributed by atoms with Gasteiger partial charge in [0.05, 0.1) is 6.54 Å². The van der Waals surface area contributed by atoms with Crippen molar-refractivity contribution in [2.24, 2.45) is 0 Å². The lowest BCUT2D eigenvalue weighted by molar-refractivity contribution is -0.131. The Morgan fingerprint density at radius 3 is 2.40 bits per heavy atom. The Hall–Kier alpha value is -3.65. The van der Waals surface area contributed by atoms with Crippen molar-refractivity contribution in [1.82, 2.24) is 14.7 Å². The molecule has 0 radical (unpaired) electrons. The van der Waals surface area contributed by atoms with Crippen LogP contribution in [0.1, 0.15) is 28.0 Å². The van der Waals surface area contributed by atoms with Crippen molar-refractivity contribution in [3.63, 3.8) is 0 Å². The monoisotopic (exact) mass is 493 g/mol. The van der Waals surface area contributed by atoms with Crippen LogP contribution in [0.15, 0.2) is 59.4 Å². The maximum atomic E-state index is 12.8. The highest BCUT2D eigenvalue weighted by molar-refractivity contribution is 6.30. The van der Waals surface area contributed by atoms with E-state index < -0.39 is 5.91 Å². The number of carbonyl (C=O) groups is 2. The molecule has 0 aliphatic carbocycles. The molecular formula is C26H28ClN5O3. The fourth-order valence-electron chi connectivity index (χ4n) is 4.04. The van der Waals surface area contributed by atoms with E-state index in [-0.39, 0.29) is 30.1 Å². The third kappa shape index (κ3) is 6.08. The summed E-state index contributed by atoms with van der Waals surface area (Å²) in [6.07, 6.45) is 0.131. The van der Waals surface area contributed by atoms with Crippen LogP contribution in [0.3, 0.4) is 0 Å². The Morgan fingerprint density at radius 2 is 1.69 bits per heavy atom. The quantitative estimate of drug-likeness (QED) is 0.568. The molecule has 182 valence electrons. The molecule has 1 aliphatic rings. The molecule has 0 unspecified atom stereocenters. The molecule has 2 heterocycles. The van der Waals surface area contributed by atoms with Gasteiger partial charge in [0.15, 0.2) is 0 Å². The highest BCUT2D eigenvalue weighted by Gasteiger charge is 2.22. The van der Waals surface area contributed by atoms with Gasteiger partial charge in [0.2, 0.25) is 5.91 Å². The molecule has 0 atom stereocenters. The van der Waals surface area contributed by atoms with Crippen molar-refractivity contribution in [3.8, 4) is 0 Å². The number of aryl methyl sites for hydroxylation is 3. The van der Waals surface area contributed by atoms with E-state index in [4.69, 9.17) is 11.6 Å². The summed E-state index contributed by atoms with van der Waals surface area (Å²) in [5.74, 6) is -0.461. The topological polar surface area (TPSA) is 87.5 Å². The molecule has 2 aromatic carbocycles. The summed E-state index contributed by atoms with van der Waals surface area (Å²) in [5.41, 5.74) is 3.71. The van der Waals surface area contributed by atoms with Crippen LogP contribution in [0.25, 0.3) is 0 Å². The van der Waals surface area contributed by atoms with Crippen LogP contribution in [0.4, 0.5) is 11.4 Å². The van der Waals surface area contributed by atoms with Crippen LogP contribution < -0.4 is 15.8 Å². The SMILES string of the molecule is Cc1ccc(NC(=O)c2ccc(=O)n(CCC(=O)N3CCN(c4cc(Cl)ccc4C)CC3)n2)cc1. The van der Waals surface area contributed by atoms with Gasteiger partial charge in [-0.2, -0.15) is 5.10 Å². The maximum absolute atomic E-state index is 12.8. The van der Waals surface area contributed by atoms with Crippen LogP contribution >= 0.6 is 11.6 Å². The summed E-state index contributed by atoms with van der Waals surface area (Å²) in [6.45, 7) is 6.71. The number of halogens is 1. The lowest BCUT2D eigenvalue weighted by Crippen LogP contribution is -2.49. The number of hydrogen-bond donors (Lipinski definition) is 1. The van der Waals surface area contributed by atoms with E-state index in [1.54, 1.807) is 17.0 Å². The maximum Gasteiger partial charge on any atom is 0.276 e. The summed E-state index contributed by atoms with van der Waals surface area (Å²) >= 11 is 6.15. The number of hydrogen-bond acceptors (Lipinski definition) is 5. The first-order valence-electron chi connectivity index (χ1n) is 11.6. The average Bonchev–Trinajstić information content (AvgIpc) is 2.86. The molecule has 35 heavy (non-hydrogen) atoms. The molecule has 1 N–H and O–H groups in total. The molecule has 1 aromatic heterocycles. The van der Waals surface area contributed by atoms with E-state index in [1.165, 1.54) is 16.8 Å². The lowest BCUT2D eigenvalue weighted by Gasteiger charge is -2.37. The molecule has 1 fully saturated rings. The minimum atomic E-state index is -0.415. The van der Waals surface area contributed by atoms with Crippen molar-refractivity contribution in [2.45, 2.75) is 26.8 Å². The molecular weight excluding hydrogens is 466 g/mol. The zero-order valence-electron chi connectivity index (χ0n) is 19.8. The second kappa shape index (κ2) is 10.7. The van der Waals surface area contributed by atoms with Crippen LogP contribution in [0.2, 0.25) is 5.02 Å². The summed E-state index contributed by atoms with van der Waals surface area (Å²) in [5, 5.41) is 7.63. The first-order valence-corrected chi connectivity index (χ1v) is 11.9. The molecule has 9 heteroatoms. The third-order valence-corrected chi connectivity index (χ3v) is 6.33. The number of anilines is 2. The van der Waals surface area contributed by atoms with Gasteiger partial charge in [-0.25, -0.2) is 4.68 Å². The van der Waals surface area contributed by atoms with E-state index >= 15 is 0 Å². The largest absolute Gasteiger partial charge is 0.368 e. The number of amides is 2. The van der Waals surface area contributed by atoms with Gasteiger partial charge in [-0.3, -0.25) is 14.4 Å². The van der Waals surface area contributed by atoms with Gasteiger partial charge in [0.25, 0.3) is 11.5 Å². The second-order valence-corrected chi connectivity index (χ2v) is 9.09. The van der Waals surface area contributed by atoms with Gasteiger partial charge >= 0.3 is 0 Å². The number of benzene rings is 2. The zero-order valence-corrected chi connectivity index (χ0v) is 20.6. The number of aromatic nitrogens is 2. The van der Waals surface area contributed by atoms with E-state index in [0.717, 1.165) is 16.8 Å². The first-order chi connectivity index (χ1) is 16.8. The van der Waals surface area contributed by atoms with Crippen molar-refractivity contribution in [2.75, 3.05) is 36.4 Å². The minimum absolute atomic E-state index is 0.0457. The summed E-state index contributed by atoms with van der Waals surface area (Å²) in [6, 6.07) is 15.9. The molecule has 1 saturated heterocycles. The van der Waals surface area contributed by atoms with Gasteiger partial charge < -0.3 is 15.1 Å². The van der Waals surface area contributed by atoms with Crippen molar-refractivity contribution < 1.29 is 9.59 Å². The second-order valence-electron chi connectivity index (χ2n) is 8.65. The van der Waals surface area contributed by atoms with Crippen LogP contribution in [0, 0.1) is 13.8 Å². The fourth-order valence-corrected chi connectivity index (χ4v) is 4.21. The standard InChI is InChI=1S/C26H28ClN5O3/c1-18-3-7-21(8-4-18)28-26(35)22-9-10-25(34)32(29-22)12-11-24(33)31-15-13-30(14-16-31)23-17-20(27)6-5-19(23)2/h3-10,17H,11-16H2,1-2H3,(H,28,35). The molecule has 0 bridgehead atoms. The fraction of sp³-hybridized carbons (Fsp3) is 0.308. The van der Waals surface area contributed by atoms with Crippen LogP contribution in [-0.2, 0) is 11.3 Å². The molecule has 3 aromatic rings. The summed E-state index contributed by atoms with van der Waals surface area (Å²) in [7, 11) is 0. The van der Waals surface area contributed by atoms with E-state index in [9.17, 15) is 14.4 Å². The number of carbonyl (C=O) groups excluding carboxylic acids is 2. The average molecular weight is 494 g/mol. The minimum Gasteiger partial charge on any atom is -0.368 e. The molecule has 2 amide bonds. The van der Waals surface area contributed by atoms with Gasteiger partial charge in [-0.15, -0.1) is 0 Å². The van der Waals surface area contributed by atoms with E-state index in [1.807, 2.05) is 44.2 Å². The Bertz CT molecular complexity index is 1280. The zero-order chi connectivity index (χ0) is 24.9. The van der Waals surface area contributed by atoms with Crippen molar-refractivity contribution in [3.05, 3.63) is 86.8 Å². The van der Waals surface area contributed by atoms with Gasteiger partial charge in [0.1, 0.15) is 5.69 Å². The van der Waals surface area contributed by atoms with Crippen LogP contribution in [0.5, 0.6) is 0 Å². The summed E-state index contributed by atoms with van der Waals surface area (Å²) < 4.78 is 1.17. The number of nitrogens with zero attached hydrogens (tertiary/aromatic N) is 4. The van der Waals surface area contributed by atoms with Crippen LogP contribution in [-0.4, -0.2) is 52.7 Å². The van der Waals surface area contributed by atoms with Gasteiger partial charge in [-0.05, 0) is 49.7 Å². The van der Waals surface area contributed by atoms with Crippen molar-refractivity contribution in [1.29, 1.82) is 0 Å². The molecule has 4 rings (SSSR count). The first kappa shape index (κ1) is 24.5. The number of nitrogens with one attached hydrogen (secondary N) is 1. The Labute approximate surface area is 209 Å². The Kier molecular flexibility index (Phi) is 7.51. The highest BCUT2D eigenvalue weighted by atomic mass is 35.5. The van der Waals surface area contributed by atoms with E-state index in [2.05, 4.69) is 15.3 Å². The van der Waals surface area contributed by atoms with Gasteiger partial charge in [-0.1, -0.05) is 35.4 Å². The highest BCUT2D eigenvalue weighted by Crippen LogP contribution is 2.25. The van der Waals surface area contributed by atoms with E-state index in [0.29, 0.717) is 36.9 Å². The molecule has 8 nitrogen and oxygen atoms in total. The Balaban J connectivity index is 1.33. The third-order valence-electron chi connectivity index (χ3n) is 6.09. The predicted octanol–water partition coefficient (Wildman–Crippen LogP) is 3.50. The number of piperazine rings is 1. The smallest absolute Gasteiger partial charge is 0.276 e. The molecule has 0 saturated carbocycles. The normalized spacial score (nSPS) is 13.6. The summed E-state index contributed by atoms with van der Waals surface area (Å²) in [4.78, 5) is 41.7. The van der Waals surface area contributed by atoms with Gasteiger partial charge in [0, 0.05) is 55.1 Å².